The molecule has 0 bridgehead atoms. The van der Waals surface area contributed by atoms with Gasteiger partial charge in [-0.05, 0) is 0 Å². The molecule has 0 fully saturated rings. The average Bonchev–Trinajstić information content (AvgIpc) is 2.01. The van der Waals surface area contributed by atoms with Crippen LogP contribution in [0.5, 0.6) is 5.75 Å². The minimum atomic E-state index is -0.271. The molecule has 0 aliphatic heterocycles. The molecule has 48 valence electrons. The van der Waals surface area contributed by atoms with E-state index in [-0.39, 0.29) is 29.2 Å². The van der Waals surface area contributed by atoms with Gasteiger partial charge in [-0.2, -0.15) is 0 Å². The van der Waals surface area contributed by atoms with Crippen molar-refractivity contribution in [3.05, 3.63) is 23.4 Å². The van der Waals surface area contributed by atoms with E-state index < -0.39 is 0 Å². The summed E-state index contributed by atoms with van der Waals surface area (Å²) in [6.07, 6.45) is -0.510. The predicted molar refractivity (Wildman–Crippen MR) is 35.8 cm³/mol. The molecule has 1 rings (SSSR count). The largest absolute Gasteiger partial charge is 0.495 e. The van der Waals surface area contributed by atoms with Crippen molar-refractivity contribution in [3.8, 4) is 5.75 Å². The van der Waals surface area contributed by atoms with E-state index in [4.69, 9.17) is 20.5 Å². The Labute approximate surface area is 62.6 Å². The zero-order valence-electron chi connectivity index (χ0n) is 7.73. The minimum Gasteiger partial charge on any atom is -0.495 e. The Hall–Kier alpha value is -0.760. The van der Waals surface area contributed by atoms with Crippen molar-refractivity contribution in [2.45, 2.75) is 0 Å². The molecule has 0 aliphatic carbocycles. The van der Waals surface area contributed by atoms with Crippen molar-refractivity contribution >= 4 is 11.6 Å². The fraction of sp³-hybridized carbons (Fsp3) is 0.167. The molecule has 3 heteroatoms. The smallest absolute Gasteiger partial charge is 0.138 e. The summed E-state index contributed by atoms with van der Waals surface area (Å²) in [5.74, 6) is -0.00370. The lowest BCUT2D eigenvalue weighted by Gasteiger charge is -1.95. The Morgan fingerprint density at radius 3 is 3.22 bits per heavy atom. The molecule has 1 aromatic heterocycles. The molecular formula is C6H6ClNO. The van der Waals surface area contributed by atoms with Gasteiger partial charge < -0.3 is 4.74 Å². The second-order valence-electron chi connectivity index (χ2n) is 1.31. The molecule has 0 atom stereocenters. The van der Waals surface area contributed by atoms with Gasteiger partial charge in [0.05, 0.1) is 22.4 Å². The van der Waals surface area contributed by atoms with Crippen LogP contribution in [-0.2, 0) is 0 Å². The van der Waals surface area contributed by atoms with Crippen molar-refractivity contribution in [2.24, 2.45) is 0 Å². The molecule has 0 aromatic carbocycles. The molecule has 0 saturated heterocycles. The van der Waals surface area contributed by atoms with E-state index in [1.54, 1.807) is 0 Å². The number of pyridine rings is 1. The molecule has 0 N–H and O–H groups in total. The summed E-state index contributed by atoms with van der Waals surface area (Å²) < 4.78 is 26.4. The Balaban J connectivity index is 3.40. The number of rotatable bonds is 1. The Kier molecular flexibility index (Phi) is 1.02. The Bertz CT molecular complexity index is 318. The van der Waals surface area contributed by atoms with Gasteiger partial charge in [0.25, 0.3) is 0 Å². The maximum Gasteiger partial charge on any atom is 0.138 e. The molecular weight excluding hydrogens is 138 g/mol. The van der Waals surface area contributed by atoms with Gasteiger partial charge >= 0.3 is 0 Å². The van der Waals surface area contributed by atoms with Gasteiger partial charge in [0, 0.05) is 12.2 Å². The van der Waals surface area contributed by atoms with E-state index in [9.17, 15) is 0 Å². The lowest BCUT2D eigenvalue weighted by Crippen LogP contribution is -1.82. The first kappa shape index (κ1) is 3.42. The van der Waals surface area contributed by atoms with Gasteiger partial charge in [-0.15, -0.1) is 0 Å². The first-order valence-corrected chi connectivity index (χ1v) is 2.63. The fourth-order valence-electron chi connectivity index (χ4n) is 0.380. The lowest BCUT2D eigenvalue weighted by molar-refractivity contribution is 0.413. The zero-order valence-corrected chi connectivity index (χ0v) is 5.49. The third kappa shape index (κ3) is 1.57. The van der Waals surface area contributed by atoms with Crippen LogP contribution < -0.4 is 4.74 Å². The fourth-order valence-corrected chi connectivity index (χ4v) is 0.508. The maximum absolute atomic E-state index is 7.34. The van der Waals surface area contributed by atoms with Gasteiger partial charge in [0.15, 0.2) is 0 Å². The molecule has 0 spiro atoms. The van der Waals surface area contributed by atoms with E-state index in [2.05, 4.69) is 4.98 Å². The standard InChI is InChI=1S/C6H6ClNO/c1-9-6-2-5(7)3-8-4-6/h2-4H,1H3/i2D,3D,4D. The van der Waals surface area contributed by atoms with Crippen LogP contribution in [0.25, 0.3) is 0 Å². The SMILES string of the molecule is [2H]c1nc([2H])c(OC)c([2H])c1Cl. The molecule has 0 aliphatic rings. The van der Waals surface area contributed by atoms with Crippen LogP contribution in [-0.4, -0.2) is 12.1 Å². The quantitative estimate of drug-likeness (QED) is 0.602. The van der Waals surface area contributed by atoms with Crippen LogP contribution in [0.3, 0.4) is 0 Å². The summed E-state index contributed by atoms with van der Waals surface area (Å²) in [5.41, 5.74) is 0. The summed E-state index contributed by atoms with van der Waals surface area (Å²) in [5, 5.41) is -0.0946. The van der Waals surface area contributed by atoms with Crippen molar-refractivity contribution in [3.63, 3.8) is 0 Å². The highest BCUT2D eigenvalue weighted by Gasteiger charge is 1.89. The number of methoxy groups -OCH3 is 1. The van der Waals surface area contributed by atoms with Crippen molar-refractivity contribution in [1.29, 1.82) is 0 Å². The second-order valence-corrected chi connectivity index (χ2v) is 1.69. The van der Waals surface area contributed by atoms with E-state index in [0.717, 1.165) is 0 Å². The normalized spacial score (nSPS) is 13.8. The Morgan fingerprint density at radius 1 is 1.78 bits per heavy atom. The number of halogens is 1. The average molecular weight is 147 g/mol. The van der Waals surface area contributed by atoms with Crippen LogP contribution in [0.1, 0.15) is 4.11 Å². The number of ether oxygens (including phenoxy) is 1. The first-order chi connectivity index (χ1) is 5.57. The summed E-state index contributed by atoms with van der Waals surface area (Å²) in [7, 11) is 1.33. The highest BCUT2D eigenvalue weighted by molar-refractivity contribution is 6.30. The molecule has 0 amide bonds. The van der Waals surface area contributed by atoms with Gasteiger partial charge in [-0.1, -0.05) is 11.6 Å². The highest BCUT2D eigenvalue weighted by Crippen LogP contribution is 2.13. The molecule has 1 heterocycles. The van der Waals surface area contributed by atoms with Gasteiger partial charge in [0.1, 0.15) is 5.75 Å². The summed E-state index contributed by atoms with van der Waals surface area (Å²) in [4.78, 5) is 3.46. The topological polar surface area (TPSA) is 22.1 Å². The van der Waals surface area contributed by atoms with Crippen LogP contribution in [0.15, 0.2) is 18.4 Å². The third-order valence-electron chi connectivity index (χ3n) is 0.739. The number of hydrogen-bond acceptors (Lipinski definition) is 2. The monoisotopic (exact) mass is 146 g/mol. The molecule has 0 unspecified atom stereocenters. The van der Waals surface area contributed by atoms with Crippen molar-refractivity contribution in [2.75, 3.05) is 7.11 Å². The predicted octanol–water partition coefficient (Wildman–Crippen LogP) is 1.74. The molecule has 1 aromatic rings. The van der Waals surface area contributed by atoms with Gasteiger partial charge in [-0.3, -0.25) is 4.98 Å². The lowest BCUT2D eigenvalue weighted by atomic mass is 10.5. The molecule has 2 nitrogen and oxygen atoms in total. The first-order valence-electron chi connectivity index (χ1n) is 3.75. The second kappa shape index (κ2) is 2.69. The van der Waals surface area contributed by atoms with Crippen molar-refractivity contribution in [1.82, 2.24) is 4.98 Å². The van der Waals surface area contributed by atoms with E-state index >= 15 is 0 Å². The van der Waals surface area contributed by atoms with E-state index in [0.29, 0.717) is 0 Å². The number of nitrogens with zero attached hydrogens (tertiary/aromatic N) is 1. The molecule has 9 heavy (non-hydrogen) atoms. The van der Waals surface area contributed by atoms with Crippen LogP contribution in [0, 0.1) is 0 Å². The maximum atomic E-state index is 7.34. The van der Waals surface area contributed by atoms with Gasteiger partial charge in [0.2, 0.25) is 0 Å². The van der Waals surface area contributed by atoms with Crippen molar-refractivity contribution < 1.29 is 8.85 Å². The molecule has 0 radical (unpaired) electrons. The minimum absolute atomic E-state index is 0.00370. The van der Waals surface area contributed by atoms with Crippen LogP contribution in [0.2, 0.25) is 5.02 Å². The third-order valence-corrected chi connectivity index (χ3v) is 0.918. The molecule has 0 saturated carbocycles. The van der Waals surface area contributed by atoms with E-state index in [1.165, 1.54) is 7.11 Å². The zero-order chi connectivity index (χ0) is 9.30. The summed E-state index contributed by atoms with van der Waals surface area (Å²) >= 11 is 5.53. The number of aromatic nitrogens is 1. The summed E-state index contributed by atoms with van der Waals surface area (Å²) in [6, 6.07) is -0.163. The summed E-state index contributed by atoms with van der Waals surface area (Å²) in [6.45, 7) is 0. The highest BCUT2D eigenvalue weighted by atomic mass is 35.5. The van der Waals surface area contributed by atoms with Crippen LogP contribution >= 0.6 is 11.6 Å². The van der Waals surface area contributed by atoms with Crippen LogP contribution in [0.4, 0.5) is 0 Å². The van der Waals surface area contributed by atoms with E-state index in [1.807, 2.05) is 0 Å². The van der Waals surface area contributed by atoms with Gasteiger partial charge in [-0.25, -0.2) is 0 Å². The number of hydrogen-bond donors (Lipinski definition) is 0. The Morgan fingerprint density at radius 2 is 2.56 bits per heavy atom.